The summed E-state index contributed by atoms with van der Waals surface area (Å²) in [5.74, 6) is 1.57. The van der Waals surface area contributed by atoms with Gasteiger partial charge in [-0.15, -0.1) is 0 Å². The minimum Gasteiger partial charge on any atom is -0.489 e. The van der Waals surface area contributed by atoms with Crippen molar-refractivity contribution in [1.29, 1.82) is 0 Å². The fraction of sp³-hybridized carbons (Fsp3) is 0.385. The summed E-state index contributed by atoms with van der Waals surface area (Å²) < 4.78 is 5.60. The van der Waals surface area contributed by atoms with Crippen LogP contribution < -0.4 is 4.74 Å². The van der Waals surface area contributed by atoms with Gasteiger partial charge in [0.15, 0.2) is 0 Å². The lowest BCUT2D eigenvalue weighted by Crippen LogP contribution is -1.95. The fourth-order valence-electron chi connectivity index (χ4n) is 1.18. The van der Waals surface area contributed by atoms with Gasteiger partial charge in [-0.2, -0.15) is 0 Å². The number of ether oxygens (including phenoxy) is 1. The summed E-state index contributed by atoms with van der Waals surface area (Å²) in [6.45, 7) is 7.03. The molecule has 1 aromatic carbocycles. The maximum Gasteiger partial charge on any atom is 0.122 e. The van der Waals surface area contributed by atoms with E-state index in [4.69, 9.17) is 4.74 Å². The Bertz CT molecular complexity index is 300. The second kappa shape index (κ2) is 5.48. The van der Waals surface area contributed by atoms with Crippen LogP contribution >= 0.6 is 0 Å². The lowest BCUT2D eigenvalue weighted by atomic mass is 10.2. The number of hydrogen-bond acceptors (Lipinski definition) is 1. The highest BCUT2D eigenvalue weighted by molar-refractivity contribution is 5.31. The number of allylic oxidation sites excluding steroid dienone is 1. The van der Waals surface area contributed by atoms with Crippen LogP contribution in [0.25, 0.3) is 0 Å². The van der Waals surface area contributed by atoms with Gasteiger partial charge in [0.25, 0.3) is 0 Å². The maximum atomic E-state index is 5.60. The van der Waals surface area contributed by atoms with E-state index in [9.17, 15) is 0 Å². The van der Waals surface area contributed by atoms with Gasteiger partial charge in [0, 0.05) is 0 Å². The van der Waals surface area contributed by atoms with Crippen LogP contribution in [0.1, 0.15) is 19.4 Å². The first-order valence-electron chi connectivity index (χ1n) is 5.05. The summed E-state index contributed by atoms with van der Waals surface area (Å²) in [4.78, 5) is 0. The summed E-state index contributed by atoms with van der Waals surface area (Å²) in [5.41, 5.74) is 1.19. The second-order valence-electron chi connectivity index (χ2n) is 3.75. The van der Waals surface area contributed by atoms with Crippen molar-refractivity contribution in [2.75, 3.05) is 6.61 Å². The van der Waals surface area contributed by atoms with Crippen LogP contribution in [0.5, 0.6) is 5.75 Å². The van der Waals surface area contributed by atoms with E-state index in [1.807, 2.05) is 18.2 Å². The molecular formula is C13H18O. The summed E-state index contributed by atoms with van der Waals surface area (Å²) >= 11 is 0. The van der Waals surface area contributed by atoms with Gasteiger partial charge in [-0.3, -0.25) is 0 Å². The van der Waals surface area contributed by atoms with E-state index in [0.29, 0.717) is 12.5 Å². The van der Waals surface area contributed by atoms with Crippen molar-refractivity contribution in [2.24, 2.45) is 5.92 Å². The van der Waals surface area contributed by atoms with Crippen LogP contribution in [0.4, 0.5) is 0 Å². The third kappa shape index (κ3) is 3.65. The van der Waals surface area contributed by atoms with Gasteiger partial charge in [-0.05, 0) is 24.5 Å². The van der Waals surface area contributed by atoms with E-state index in [0.717, 1.165) is 5.75 Å². The number of para-hydroxylation sites is 1. The summed E-state index contributed by atoms with van der Waals surface area (Å²) in [5, 5.41) is 0. The molecule has 14 heavy (non-hydrogen) atoms. The number of benzene rings is 1. The van der Waals surface area contributed by atoms with Gasteiger partial charge < -0.3 is 4.74 Å². The molecule has 0 amide bonds. The van der Waals surface area contributed by atoms with Gasteiger partial charge in [-0.25, -0.2) is 0 Å². The molecule has 0 saturated heterocycles. The van der Waals surface area contributed by atoms with Gasteiger partial charge in [0.2, 0.25) is 0 Å². The zero-order chi connectivity index (χ0) is 10.4. The summed E-state index contributed by atoms with van der Waals surface area (Å²) in [7, 11) is 0. The van der Waals surface area contributed by atoms with E-state index >= 15 is 0 Å². The Labute approximate surface area is 86.4 Å². The Hall–Kier alpha value is -1.24. The zero-order valence-electron chi connectivity index (χ0n) is 9.16. The first-order chi connectivity index (χ1) is 6.70. The number of hydrogen-bond donors (Lipinski definition) is 0. The van der Waals surface area contributed by atoms with Crippen LogP contribution in [-0.4, -0.2) is 6.61 Å². The van der Waals surface area contributed by atoms with Crippen LogP contribution in [0, 0.1) is 12.8 Å². The molecular weight excluding hydrogens is 172 g/mol. The van der Waals surface area contributed by atoms with Crippen molar-refractivity contribution in [3.05, 3.63) is 42.0 Å². The van der Waals surface area contributed by atoms with E-state index in [2.05, 4.69) is 39.0 Å². The molecule has 1 aromatic rings. The Kier molecular flexibility index (Phi) is 4.24. The standard InChI is InChI=1S/C13H18O/c1-11(2)7-6-10-14-13-9-5-4-8-12(13)3/h4-9,11H,10H2,1-3H3/b7-6+. The van der Waals surface area contributed by atoms with Crippen LogP contribution in [0.15, 0.2) is 36.4 Å². The molecule has 0 aliphatic rings. The highest BCUT2D eigenvalue weighted by Gasteiger charge is 1.94. The molecule has 1 nitrogen and oxygen atoms in total. The van der Waals surface area contributed by atoms with E-state index in [1.54, 1.807) is 0 Å². The van der Waals surface area contributed by atoms with Gasteiger partial charge in [0.1, 0.15) is 12.4 Å². The minimum atomic E-state index is 0.593. The molecule has 0 fully saturated rings. The van der Waals surface area contributed by atoms with Crippen molar-refractivity contribution in [1.82, 2.24) is 0 Å². The number of rotatable bonds is 4. The topological polar surface area (TPSA) is 9.23 Å². The van der Waals surface area contributed by atoms with Crippen LogP contribution in [-0.2, 0) is 0 Å². The van der Waals surface area contributed by atoms with Crippen molar-refractivity contribution in [2.45, 2.75) is 20.8 Å². The molecule has 0 atom stereocenters. The van der Waals surface area contributed by atoms with Crippen molar-refractivity contribution in [3.8, 4) is 5.75 Å². The highest BCUT2D eigenvalue weighted by atomic mass is 16.5. The van der Waals surface area contributed by atoms with E-state index < -0.39 is 0 Å². The average Bonchev–Trinajstić information content (AvgIpc) is 2.15. The fourth-order valence-corrected chi connectivity index (χ4v) is 1.18. The third-order valence-electron chi connectivity index (χ3n) is 1.95. The third-order valence-corrected chi connectivity index (χ3v) is 1.95. The van der Waals surface area contributed by atoms with Crippen LogP contribution in [0.3, 0.4) is 0 Å². The van der Waals surface area contributed by atoms with E-state index in [1.165, 1.54) is 5.56 Å². The smallest absolute Gasteiger partial charge is 0.122 e. The predicted octanol–water partition coefficient (Wildman–Crippen LogP) is 3.59. The monoisotopic (exact) mass is 190 g/mol. The first kappa shape index (κ1) is 10.8. The molecule has 0 bridgehead atoms. The molecule has 0 saturated carbocycles. The average molecular weight is 190 g/mol. The Morgan fingerprint density at radius 1 is 1.29 bits per heavy atom. The van der Waals surface area contributed by atoms with Gasteiger partial charge in [0.05, 0.1) is 0 Å². The number of aryl methyl sites for hydroxylation is 1. The lowest BCUT2D eigenvalue weighted by molar-refractivity contribution is 0.359. The summed E-state index contributed by atoms with van der Waals surface area (Å²) in [6, 6.07) is 8.07. The molecule has 0 heterocycles. The summed E-state index contributed by atoms with van der Waals surface area (Å²) in [6.07, 6.45) is 4.22. The molecule has 0 N–H and O–H groups in total. The quantitative estimate of drug-likeness (QED) is 0.659. The van der Waals surface area contributed by atoms with Crippen LogP contribution in [0.2, 0.25) is 0 Å². The minimum absolute atomic E-state index is 0.593. The normalized spacial score (nSPS) is 11.1. The second-order valence-corrected chi connectivity index (χ2v) is 3.75. The largest absolute Gasteiger partial charge is 0.489 e. The molecule has 0 aliphatic carbocycles. The Morgan fingerprint density at radius 3 is 2.64 bits per heavy atom. The van der Waals surface area contributed by atoms with Crippen molar-refractivity contribution < 1.29 is 4.74 Å². The molecule has 0 unspecified atom stereocenters. The highest BCUT2D eigenvalue weighted by Crippen LogP contribution is 2.15. The van der Waals surface area contributed by atoms with Crippen molar-refractivity contribution in [3.63, 3.8) is 0 Å². The SMILES string of the molecule is Cc1ccccc1OC/C=C/C(C)C. The van der Waals surface area contributed by atoms with Crippen molar-refractivity contribution >= 4 is 0 Å². The molecule has 0 aromatic heterocycles. The molecule has 0 aliphatic heterocycles. The maximum absolute atomic E-state index is 5.60. The lowest BCUT2D eigenvalue weighted by Gasteiger charge is -2.05. The van der Waals surface area contributed by atoms with Gasteiger partial charge >= 0.3 is 0 Å². The zero-order valence-corrected chi connectivity index (χ0v) is 9.16. The first-order valence-corrected chi connectivity index (χ1v) is 5.05. The van der Waals surface area contributed by atoms with Gasteiger partial charge in [-0.1, -0.05) is 44.2 Å². The Balaban J connectivity index is 2.42. The predicted molar refractivity (Wildman–Crippen MR) is 60.7 cm³/mol. The molecule has 0 spiro atoms. The molecule has 76 valence electrons. The molecule has 0 radical (unpaired) electrons. The Morgan fingerprint density at radius 2 is 2.00 bits per heavy atom. The van der Waals surface area contributed by atoms with E-state index in [-0.39, 0.29) is 0 Å². The molecule has 1 rings (SSSR count). The molecule has 1 heteroatoms.